The van der Waals surface area contributed by atoms with Gasteiger partial charge in [-0.15, -0.1) is 11.8 Å². The fraction of sp³-hybridized carbons (Fsp3) is 0.778. The fourth-order valence-corrected chi connectivity index (χ4v) is 2.20. The van der Waals surface area contributed by atoms with Crippen molar-refractivity contribution in [1.29, 1.82) is 0 Å². The van der Waals surface area contributed by atoms with E-state index in [9.17, 15) is 17.6 Å². The van der Waals surface area contributed by atoms with E-state index in [2.05, 4.69) is 0 Å². The Morgan fingerprint density at radius 3 is 2.29 bits per heavy atom. The molecule has 0 aromatic heterocycles. The maximum absolute atomic E-state index is 13.7. The van der Waals surface area contributed by atoms with E-state index in [1.165, 1.54) is 13.2 Å². The van der Waals surface area contributed by atoms with Crippen molar-refractivity contribution in [3.05, 3.63) is 10.7 Å². The van der Waals surface area contributed by atoms with Gasteiger partial charge in [0.15, 0.2) is 11.8 Å². The summed E-state index contributed by atoms with van der Waals surface area (Å²) in [6.45, 7) is 2.12. The molecule has 82 valence electrons. The molecule has 0 aromatic rings. The lowest BCUT2D eigenvalue weighted by Crippen LogP contribution is -2.45. The number of thioether (sulfide) groups is 1. The van der Waals surface area contributed by atoms with Crippen LogP contribution in [0.25, 0.3) is 0 Å². The summed E-state index contributed by atoms with van der Waals surface area (Å²) in [7, 11) is 0. The van der Waals surface area contributed by atoms with Crippen LogP contribution in [0.4, 0.5) is 17.6 Å². The fourth-order valence-electron chi connectivity index (χ4n) is 1.46. The molecule has 1 rings (SSSR count). The van der Waals surface area contributed by atoms with Crippen molar-refractivity contribution in [3.63, 3.8) is 0 Å². The topological polar surface area (TPSA) is 0 Å². The first-order valence-electron chi connectivity index (χ1n) is 4.25. The Bertz CT molecular complexity index is 262. The molecule has 5 heteroatoms. The monoisotopic (exact) mass is 228 g/mol. The van der Waals surface area contributed by atoms with E-state index >= 15 is 0 Å². The molecule has 0 spiro atoms. The summed E-state index contributed by atoms with van der Waals surface area (Å²) in [6, 6.07) is 0. The largest absolute Gasteiger partial charge is 0.243 e. The van der Waals surface area contributed by atoms with E-state index in [1.54, 1.807) is 0 Å². The van der Waals surface area contributed by atoms with Crippen LogP contribution >= 0.6 is 11.8 Å². The van der Waals surface area contributed by atoms with Crippen LogP contribution in [0.2, 0.25) is 0 Å². The van der Waals surface area contributed by atoms with Crippen LogP contribution in [-0.2, 0) is 0 Å². The first kappa shape index (κ1) is 11.9. The normalized spacial score (nSPS) is 44.4. The minimum atomic E-state index is -2.40. The molecule has 0 bridgehead atoms. The van der Waals surface area contributed by atoms with E-state index in [0.29, 0.717) is 0 Å². The second-order valence-corrected chi connectivity index (χ2v) is 4.44. The van der Waals surface area contributed by atoms with Gasteiger partial charge in [-0.1, -0.05) is 6.92 Å². The Kier molecular flexibility index (Phi) is 3.19. The van der Waals surface area contributed by atoms with Crippen molar-refractivity contribution in [1.82, 2.24) is 0 Å². The van der Waals surface area contributed by atoms with Gasteiger partial charge >= 0.3 is 0 Å². The van der Waals surface area contributed by atoms with Crippen LogP contribution in [0.1, 0.15) is 13.8 Å². The molecule has 4 atom stereocenters. The number of halogens is 4. The van der Waals surface area contributed by atoms with E-state index in [0.717, 1.165) is 18.7 Å². The van der Waals surface area contributed by atoms with Crippen LogP contribution in [0, 0.1) is 5.92 Å². The second kappa shape index (κ2) is 3.76. The molecule has 0 amide bonds. The highest BCUT2D eigenvalue weighted by molar-refractivity contribution is 8.02. The molecule has 0 nitrogen and oxygen atoms in total. The summed E-state index contributed by atoms with van der Waals surface area (Å²) in [5.41, 5.74) is -2.40. The van der Waals surface area contributed by atoms with Gasteiger partial charge in [0.25, 0.3) is 0 Å². The van der Waals surface area contributed by atoms with Crippen LogP contribution in [0.5, 0.6) is 0 Å². The lowest BCUT2D eigenvalue weighted by atomic mass is 9.81. The van der Waals surface area contributed by atoms with Gasteiger partial charge in [0.2, 0.25) is 0 Å². The van der Waals surface area contributed by atoms with Crippen molar-refractivity contribution in [3.8, 4) is 0 Å². The summed E-state index contributed by atoms with van der Waals surface area (Å²) in [6.07, 6.45) is -2.61. The summed E-state index contributed by atoms with van der Waals surface area (Å²) in [5, 5.41) is 0. The molecule has 0 heterocycles. The smallest absolute Gasteiger partial charge is 0.165 e. The molecule has 0 saturated carbocycles. The summed E-state index contributed by atoms with van der Waals surface area (Å²) < 4.78 is 53.5. The van der Waals surface area contributed by atoms with Crippen LogP contribution in [0.3, 0.4) is 0 Å². The Morgan fingerprint density at radius 2 is 1.86 bits per heavy atom. The summed E-state index contributed by atoms with van der Waals surface area (Å²) in [4.78, 5) is -0.458. The molecule has 0 saturated heterocycles. The second-order valence-electron chi connectivity index (χ2n) is 3.59. The zero-order valence-corrected chi connectivity index (χ0v) is 8.97. The average Bonchev–Trinajstić information content (AvgIpc) is 2.14. The predicted molar refractivity (Wildman–Crippen MR) is 50.1 cm³/mol. The van der Waals surface area contributed by atoms with E-state index in [1.807, 2.05) is 0 Å². The van der Waals surface area contributed by atoms with Gasteiger partial charge in [0.05, 0.1) is 4.91 Å². The number of allylic oxidation sites excluding steroid dienone is 2. The van der Waals surface area contributed by atoms with Crippen LogP contribution < -0.4 is 0 Å². The molecule has 0 radical (unpaired) electrons. The molecule has 3 unspecified atom stereocenters. The quantitative estimate of drug-likeness (QED) is 0.618. The van der Waals surface area contributed by atoms with E-state index in [4.69, 9.17) is 0 Å². The third-order valence-corrected chi connectivity index (χ3v) is 3.57. The number of hydrogen-bond acceptors (Lipinski definition) is 1. The minimum absolute atomic E-state index is 0.458. The molecule has 1 aliphatic carbocycles. The van der Waals surface area contributed by atoms with Crippen molar-refractivity contribution in [2.45, 2.75) is 31.9 Å². The van der Waals surface area contributed by atoms with Crippen molar-refractivity contribution in [2.75, 3.05) is 6.26 Å². The lowest BCUT2D eigenvalue weighted by molar-refractivity contribution is 0.0164. The summed E-state index contributed by atoms with van der Waals surface area (Å²) in [5.74, 6) is -2.47. The van der Waals surface area contributed by atoms with Crippen LogP contribution in [-0.4, -0.2) is 24.3 Å². The van der Waals surface area contributed by atoms with Gasteiger partial charge in [-0.05, 0) is 13.2 Å². The maximum Gasteiger partial charge on any atom is 0.165 e. The van der Waals surface area contributed by atoms with Crippen molar-refractivity contribution < 1.29 is 17.6 Å². The molecule has 1 aliphatic rings. The highest BCUT2D eigenvalue weighted by Gasteiger charge is 2.51. The zero-order chi connectivity index (χ0) is 11.1. The minimum Gasteiger partial charge on any atom is -0.243 e. The van der Waals surface area contributed by atoms with Crippen molar-refractivity contribution >= 4 is 11.8 Å². The SMILES string of the molecule is CSC1=C(F)[C@@](C)(F)C(C)C(F)C1F. The Balaban J connectivity index is 3.20. The Labute approximate surface area is 84.7 Å². The van der Waals surface area contributed by atoms with E-state index in [-0.39, 0.29) is 0 Å². The van der Waals surface area contributed by atoms with Gasteiger partial charge in [0, 0.05) is 5.92 Å². The maximum atomic E-state index is 13.7. The molecule has 0 fully saturated rings. The number of rotatable bonds is 1. The van der Waals surface area contributed by atoms with Crippen LogP contribution in [0.15, 0.2) is 10.7 Å². The van der Waals surface area contributed by atoms with Gasteiger partial charge in [-0.3, -0.25) is 0 Å². The number of hydrogen-bond donors (Lipinski definition) is 0. The van der Waals surface area contributed by atoms with Gasteiger partial charge in [-0.2, -0.15) is 0 Å². The molecule has 0 N–H and O–H groups in total. The number of alkyl halides is 3. The Morgan fingerprint density at radius 1 is 1.36 bits per heavy atom. The van der Waals surface area contributed by atoms with Gasteiger partial charge < -0.3 is 0 Å². The third kappa shape index (κ3) is 1.55. The molecule has 0 aliphatic heterocycles. The highest BCUT2D eigenvalue weighted by atomic mass is 32.2. The summed E-state index contributed by atoms with van der Waals surface area (Å²) >= 11 is 0.720. The Hall–Kier alpha value is -0.190. The zero-order valence-electron chi connectivity index (χ0n) is 8.15. The predicted octanol–water partition coefficient (Wildman–Crippen LogP) is 3.58. The third-order valence-electron chi connectivity index (χ3n) is 2.73. The molecule has 14 heavy (non-hydrogen) atoms. The van der Waals surface area contributed by atoms with E-state index < -0.39 is 34.7 Å². The average molecular weight is 228 g/mol. The first-order valence-corrected chi connectivity index (χ1v) is 5.47. The highest BCUT2D eigenvalue weighted by Crippen LogP contribution is 2.46. The molecular weight excluding hydrogens is 216 g/mol. The standard InChI is InChI=1S/C9H12F4S/c1-4-5(10)6(11)7(14-3)8(12)9(4,2)13/h4-6H,1-3H3/t4?,5?,6?,9-/m0/s1. The molecular formula is C9H12F4S. The van der Waals surface area contributed by atoms with Crippen molar-refractivity contribution in [2.24, 2.45) is 5.92 Å². The first-order chi connectivity index (χ1) is 6.34. The van der Waals surface area contributed by atoms with Gasteiger partial charge in [0.1, 0.15) is 12.0 Å². The van der Waals surface area contributed by atoms with Gasteiger partial charge in [-0.25, -0.2) is 17.6 Å². The lowest BCUT2D eigenvalue weighted by Gasteiger charge is -2.36. The molecule has 0 aromatic carbocycles.